The molecule has 2 heterocycles. The average molecular weight is 318 g/mol. The van der Waals surface area contributed by atoms with Crippen LogP contribution < -0.4 is 0 Å². The maximum atomic E-state index is 10.9. The van der Waals surface area contributed by atoms with Crippen LogP contribution in [-0.4, -0.2) is 20.8 Å². The van der Waals surface area contributed by atoms with E-state index in [-0.39, 0.29) is 5.69 Å². The molecule has 0 unspecified atom stereocenters. The monoisotopic (exact) mass is 318 g/mol. The normalized spacial score (nSPS) is 10.5. The molecule has 5 nitrogen and oxygen atoms in total. The van der Waals surface area contributed by atoms with Crippen molar-refractivity contribution >= 4 is 28.6 Å². The quantitative estimate of drug-likeness (QED) is 0.877. The second kappa shape index (κ2) is 4.05. The number of aromatic nitrogens is 2. The molecule has 78 valence electrons. The van der Waals surface area contributed by atoms with E-state index in [2.05, 4.69) is 32.3 Å². The molecule has 2 rings (SSSR count). The van der Waals surface area contributed by atoms with Crippen molar-refractivity contribution in [3.8, 4) is 0 Å². The molecule has 0 aliphatic heterocycles. The highest BCUT2D eigenvalue weighted by Crippen LogP contribution is 2.13. The molecule has 0 radical (unpaired) electrons. The zero-order chi connectivity index (χ0) is 10.8. The van der Waals surface area contributed by atoms with E-state index >= 15 is 0 Å². The molecule has 0 aliphatic rings. The van der Waals surface area contributed by atoms with Crippen molar-refractivity contribution in [1.29, 1.82) is 0 Å². The Bertz CT molecular complexity index is 476. The lowest BCUT2D eigenvalue weighted by Crippen LogP contribution is -2.08. The number of hydrogen-bond acceptors (Lipinski definition) is 3. The molecule has 1 N–H and O–H groups in total. The summed E-state index contributed by atoms with van der Waals surface area (Å²) in [6.45, 7) is 0.404. The fraction of sp³-hybridized carbons (Fsp3) is 0.111. The number of halogens is 1. The van der Waals surface area contributed by atoms with Gasteiger partial charge in [-0.3, -0.25) is 0 Å². The van der Waals surface area contributed by atoms with Crippen LogP contribution in [0.3, 0.4) is 0 Å². The molecular formula is C9H7IN2O3. The first-order valence-corrected chi connectivity index (χ1v) is 5.23. The lowest BCUT2D eigenvalue weighted by atomic mass is 10.4. The van der Waals surface area contributed by atoms with Gasteiger partial charge in [0.15, 0.2) is 0 Å². The smallest absolute Gasteiger partial charge is 0.352 e. The third-order valence-electron chi connectivity index (χ3n) is 1.91. The van der Waals surface area contributed by atoms with E-state index in [9.17, 15) is 4.79 Å². The van der Waals surface area contributed by atoms with Crippen LogP contribution in [0.5, 0.6) is 0 Å². The highest BCUT2D eigenvalue weighted by molar-refractivity contribution is 14.1. The Morgan fingerprint density at radius 3 is 3.07 bits per heavy atom. The molecule has 6 heteroatoms. The van der Waals surface area contributed by atoms with Gasteiger partial charge in [0.2, 0.25) is 0 Å². The first kappa shape index (κ1) is 10.2. The SMILES string of the molecule is O=C(O)c1cc(I)cn1Cc1ccon1. The average Bonchev–Trinajstić information content (AvgIpc) is 2.75. The number of carbonyl (C=O) groups is 1. The zero-order valence-corrected chi connectivity index (χ0v) is 9.71. The predicted molar refractivity (Wildman–Crippen MR) is 59.7 cm³/mol. The second-order valence-corrected chi connectivity index (χ2v) is 4.21. The molecule has 0 bridgehead atoms. The van der Waals surface area contributed by atoms with Crippen LogP contribution in [0, 0.1) is 3.57 Å². The van der Waals surface area contributed by atoms with Gasteiger partial charge in [0.1, 0.15) is 17.7 Å². The first-order valence-electron chi connectivity index (χ1n) is 4.15. The van der Waals surface area contributed by atoms with E-state index in [0.29, 0.717) is 12.2 Å². The summed E-state index contributed by atoms with van der Waals surface area (Å²) < 4.78 is 7.19. The minimum atomic E-state index is -0.943. The summed E-state index contributed by atoms with van der Waals surface area (Å²) >= 11 is 2.07. The van der Waals surface area contributed by atoms with Gasteiger partial charge in [0.25, 0.3) is 0 Å². The summed E-state index contributed by atoms with van der Waals surface area (Å²) in [6, 6.07) is 3.32. The lowest BCUT2D eigenvalue weighted by molar-refractivity contribution is 0.0685. The maximum Gasteiger partial charge on any atom is 0.352 e. The van der Waals surface area contributed by atoms with Crippen LogP contribution in [0.4, 0.5) is 0 Å². The van der Waals surface area contributed by atoms with E-state index in [4.69, 9.17) is 5.11 Å². The summed E-state index contributed by atoms with van der Waals surface area (Å²) in [4.78, 5) is 10.9. The van der Waals surface area contributed by atoms with Crippen LogP contribution in [0.1, 0.15) is 16.2 Å². The van der Waals surface area contributed by atoms with E-state index in [1.54, 1.807) is 22.9 Å². The van der Waals surface area contributed by atoms with Gasteiger partial charge >= 0.3 is 5.97 Å². The third kappa shape index (κ3) is 2.20. The topological polar surface area (TPSA) is 68.3 Å². The second-order valence-electron chi connectivity index (χ2n) is 2.97. The van der Waals surface area contributed by atoms with Gasteiger partial charge in [-0.2, -0.15) is 0 Å². The van der Waals surface area contributed by atoms with Gasteiger partial charge < -0.3 is 14.2 Å². The molecule has 0 aromatic carbocycles. The minimum Gasteiger partial charge on any atom is -0.477 e. The van der Waals surface area contributed by atoms with Gasteiger partial charge in [-0.15, -0.1) is 0 Å². The molecule has 0 spiro atoms. The number of carboxylic acids is 1. The highest BCUT2D eigenvalue weighted by Gasteiger charge is 2.12. The molecule has 0 aliphatic carbocycles. The van der Waals surface area contributed by atoms with E-state index in [1.165, 1.54) is 6.26 Å². The molecule has 0 amide bonds. The van der Waals surface area contributed by atoms with Crippen molar-refractivity contribution in [2.75, 3.05) is 0 Å². The fourth-order valence-corrected chi connectivity index (χ4v) is 1.91. The van der Waals surface area contributed by atoms with Crippen LogP contribution in [-0.2, 0) is 6.54 Å². The first-order chi connectivity index (χ1) is 7.16. The number of carboxylic acid groups (broad SMARTS) is 1. The third-order valence-corrected chi connectivity index (χ3v) is 2.50. The summed E-state index contributed by atoms with van der Waals surface area (Å²) in [5.74, 6) is -0.943. The molecule has 0 saturated heterocycles. The van der Waals surface area contributed by atoms with Gasteiger partial charge in [-0.25, -0.2) is 4.79 Å². The van der Waals surface area contributed by atoms with E-state index in [0.717, 1.165) is 3.57 Å². The van der Waals surface area contributed by atoms with Crippen molar-refractivity contribution in [1.82, 2.24) is 9.72 Å². The largest absolute Gasteiger partial charge is 0.477 e. The summed E-state index contributed by atoms with van der Waals surface area (Å²) in [5, 5.41) is 12.7. The molecule has 0 saturated carbocycles. The standard InChI is InChI=1S/C9H7IN2O3/c10-6-3-8(9(13)14)12(4-6)5-7-1-2-15-11-7/h1-4H,5H2,(H,13,14). The number of aromatic carboxylic acids is 1. The van der Waals surface area contributed by atoms with Crippen molar-refractivity contribution in [3.05, 3.63) is 39.6 Å². The molecular weight excluding hydrogens is 311 g/mol. The number of rotatable bonds is 3. The molecule has 15 heavy (non-hydrogen) atoms. The Balaban J connectivity index is 2.31. The summed E-state index contributed by atoms with van der Waals surface area (Å²) in [7, 11) is 0. The van der Waals surface area contributed by atoms with E-state index < -0.39 is 5.97 Å². The van der Waals surface area contributed by atoms with Gasteiger partial charge in [0.05, 0.1) is 6.54 Å². The van der Waals surface area contributed by atoms with Gasteiger partial charge in [-0.1, -0.05) is 5.16 Å². The Morgan fingerprint density at radius 1 is 1.67 bits per heavy atom. The molecule has 0 atom stereocenters. The Labute approximate surface area is 98.8 Å². The molecule has 2 aromatic rings. The van der Waals surface area contributed by atoms with Crippen LogP contribution in [0.2, 0.25) is 0 Å². The van der Waals surface area contributed by atoms with Gasteiger partial charge in [-0.05, 0) is 28.7 Å². The summed E-state index contributed by atoms with van der Waals surface area (Å²) in [6.07, 6.45) is 3.23. The van der Waals surface area contributed by atoms with Crippen molar-refractivity contribution < 1.29 is 14.4 Å². The zero-order valence-electron chi connectivity index (χ0n) is 7.55. The van der Waals surface area contributed by atoms with Crippen LogP contribution in [0.25, 0.3) is 0 Å². The number of nitrogens with zero attached hydrogens (tertiary/aromatic N) is 2. The maximum absolute atomic E-state index is 10.9. The molecule has 2 aromatic heterocycles. The predicted octanol–water partition coefficient (Wildman–Crippen LogP) is 1.83. The summed E-state index contributed by atoms with van der Waals surface area (Å²) in [5.41, 5.74) is 0.951. The van der Waals surface area contributed by atoms with Crippen LogP contribution in [0.15, 0.2) is 29.1 Å². The fourth-order valence-electron chi connectivity index (χ4n) is 1.28. The highest BCUT2D eigenvalue weighted by atomic mass is 127. The lowest BCUT2D eigenvalue weighted by Gasteiger charge is -2.01. The Hall–Kier alpha value is -1.31. The van der Waals surface area contributed by atoms with Crippen molar-refractivity contribution in [2.24, 2.45) is 0 Å². The van der Waals surface area contributed by atoms with Crippen molar-refractivity contribution in [2.45, 2.75) is 6.54 Å². The van der Waals surface area contributed by atoms with Gasteiger partial charge in [0, 0.05) is 15.8 Å². The number of hydrogen-bond donors (Lipinski definition) is 1. The Kier molecular flexibility index (Phi) is 2.76. The van der Waals surface area contributed by atoms with Crippen LogP contribution >= 0.6 is 22.6 Å². The van der Waals surface area contributed by atoms with Crippen molar-refractivity contribution in [3.63, 3.8) is 0 Å². The Morgan fingerprint density at radius 2 is 2.47 bits per heavy atom. The minimum absolute atomic E-state index is 0.252. The molecule has 0 fully saturated rings. The van der Waals surface area contributed by atoms with E-state index in [1.807, 2.05) is 0 Å².